The summed E-state index contributed by atoms with van der Waals surface area (Å²) in [5, 5.41) is 11.9. The van der Waals surface area contributed by atoms with Crippen LogP contribution in [0.2, 0.25) is 0 Å². The van der Waals surface area contributed by atoms with Crippen molar-refractivity contribution in [2.45, 2.75) is 31.8 Å². The Bertz CT molecular complexity index is 630. The summed E-state index contributed by atoms with van der Waals surface area (Å²) in [7, 11) is 0. The standard InChI is InChI=1S/C15H15N3O2/c1-15(12-6-7-12)13(19)18(14(20)17-15)9-11-5-3-2-4-10(11)8-16/h2-5,12H,6-7,9H2,1H3,(H,17,20)/t15-/m0/s1. The topological polar surface area (TPSA) is 73.2 Å². The van der Waals surface area contributed by atoms with Crippen LogP contribution in [0.5, 0.6) is 0 Å². The van der Waals surface area contributed by atoms with Crippen LogP contribution in [0.4, 0.5) is 4.79 Å². The minimum atomic E-state index is -0.765. The van der Waals surface area contributed by atoms with Crippen LogP contribution in [0.25, 0.3) is 0 Å². The molecule has 102 valence electrons. The lowest BCUT2D eigenvalue weighted by molar-refractivity contribution is -0.131. The van der Waals surface area contributed by atoms with Crippen LogP contribution in [0, 0.1) is 17.2 Å². The second-order valence-electron chi connectivity index (χ2n) is 5.57. The van der Waals surface area contributed by atoms with Gasteiger partial charge in [0.2, 0.25) is 0 Å². The number of carbonyl (C=O) groups is 2. The fourth-order valence-corrected chi connectivity index (χ4v) is 2.73. The Kier molecular flexibility index (Phi) is 2.75. The van der Waals surface area contributed by atoms with Gasteiger partial charge in [-0.2, -0.15) is 5.26 Å². The highest BCUT2D eigenvalue weighted by Crippen LogP contribution is 2.42. The third-order valence-electron chi connectivity index (χ3n) is 4.16. The van der Waals surface area contributed by atoms with Gasteiger partial charge >= 0.3 is 6.03 Å². The number of carbonyl (C=O) groups excluding carboxylic acids is 2. The first kappa shape index (κ1) is 12.7. The van der Waals surface area contributed by atoms with E-state index in [0.29, 0.717) is 11.1 Å². The molecule has 0 spiro atoms. The van der Waals surface area contributed by atoms with Crippen molar-refractivity contribution >= 4 is 11.9 Å². The van der Waals surface area contributed by atoms with Gasteiger partial charge in [-0.15, -0.1) is 0 Å². The molecule has 0 aromatic heterocycles. The first-order valence-corrected chi connectivity index (χ1v) is 6.68. The van der Waals surface area contributed by atoms with Gasteiger partial charge in [0.05, 0.1) is 18.2 Å². The van der Waals surface area contributed by atoms with Gasteiger partial charge in [0.1, 0.15) is 5.54 Å². The molecule has 2 fully saturated rings. The molecule has 1 aliphatic heterocycles. The van der Waals surface area contributed by atoms with Crippen LogP contribution in [-0.2, 0) is 11.3 Å². The zero-order valence-corrected chi connectivity index (χ0v) is 11.2. The smallest absolute Gasteiger partial charge is 0.323 e. The number of nitrogens with one attached hydrogen (secondary N) is 1. The summed E-state index contributed by atoms with van der Waals surface area (Å²) < 4.78 is 0. The van der Waals surface area contributed by atoms with Crippen molar-refractivity contribution in [1.29, 1.82) is 5.26 Å². The lowest BCUT2D eigenvalue weighted by Gasteiger charge is -2.21. The second-order valence-corrected chi connectivity index (χ2v) is 5.57. The van der Waals surface area contributed by atoms with Crippen molar-refractivity contribution in [3.63, 3.8) is 0 Å². The van der Waals surface area contributed by atoms with Gasteiger partial charge in [0.25, 0.3) is 5.91 Å². The normalized spacial score (nSPS) is 25.5. The van der Waals surface area contributed by atoms with Crippen molar-refractivity contribution in [2.24, 2.45) is 5.92 Å². The minimum absolute atomic E-state index is 0.150. The summed E-state index contributed by atoms with van der Waals surface area (Å²) in [6.45, 7) is 1.94. The molecule has 1 aromatic rings. The van der Waals surface area contributed by atoms with Crippen molar-refractivity contribution in [1.82, 2.24) is 10.2 Å². The maximum Gasteiger partial charge on any atom is 0.325 e. The van der Waals surface area contributed by atoms with Crippen molar-refractivity contribution in [3.8, 4) is 6.07 Å². The van der Waals surface area contributed by atoms with Crippen LogP contribution < -0.4 is 5.32 Å². The van der Waals surface area contributed by atoms with Crippen molar-refractivity contribution < 1.29 is 9.59 Å². The first-order valence-electron chi connectivity index (χ1n) is 6.68. The number of benzene rings is 1. The maximum absolute atomic E-state index is 12.5. The Morgan fingerprint density at radius 2 is 2.10 bits per heavy atom. The predicted octanol–water partition coefficient (Wildman–Crippen LogP) is 1.78. The number of nitrogens with zero attached hydrogens (tertiary/aromatic N) is 2. The molecular formula is C15H15N3O2. The highest BCUT2D eigenvalue weighted by atomic mass is 16.2. The number of hydrogen-bond donors (Lipinski definition) is 1. The number of urea groups is 1. The molecule has 5 heteroatoms. The van der Waals surface area contributed by atoms with E-state index in [4.69, 9.17) is 5.26 Å². The van der Waals surface area contributed by atoms with Crippen LogP contribution in [0.3, 0.4) is 0 Å². The molecule has 2 aliphatic rings. The van der Waals surface area contributed by atoms with E-state index in [1.165, 1.54) is 4.90 Å². The van der Waals surface area contributed by atoms with E-state index < -0.39 is 5.54 Å². The lowest BCUT2D eigenvalue weighted by atomic mass is 9.96. The molecule has 3 amide bonds. The van der Waals surface area contributed by atoms with E-state index in [1.54, 1.807) is 31.2 Å². The molecule has 1 saturated heterocycles. The van der Waals surface area contributed by atoms with Crippen LogP contribution in [0.1, 0.15) is 30.9 Å². The average Bonchev–Trinajstić information content (AvgIpc) is 3.26. The molecule has 5 nitrogen and oxygen atoms in total. The number of hydrogen-bond acceptors (Lipinski definition) is 3. The summed E-state index contributed by atoms with van der Waals surface area (Å²) in [5.41, 5.74) is 0.422. The highest BCUT2D eigenvalue weighted by molar-refractivity contribution is 6.07. The fourth-order valence-electron chi connectivity index (χ4n) is 2.73. The third kappa shape index (κ3) is 1.85. The monoisotopic (exact) mass is 269 g/mol. The maximum atomic E-state index is 12.5. The molecule has 1 aliphatic carbocycles. The molecule has 0 bridgehead atoms. The van der Waals surface area contributed by atoms with E-state index in [-0.39, 0.29) is 24.4 Å². The van der Waals surface area contributed by atoms with E-state index in [9.17, 15) is 9.59 Å². The molecule has 1 atom stereocenters. The molecule has 20 heavy (non-hydrogen) atoms. The Morgan fingerprint density at radius 3 is 2.75 bits per heavy atom. The Hall–Kier alpha value is -2.35. The Balaban J connectivity index is 1.86. The summed E-state index contributed by atoms with van der Waals surface area (Å²) >= 11 is 0. The molecule has 3 rings (SSSR count). The quantitative estimate of drug-likeness (QED) is 0.850. The van der Waals surface area contributed by atoms with Gasteiger partial charge < -0.3 is 5.32 Å². The molecule has 0 radical (unpaired) electrons. The van der Waals surface area contributed by atoms with E-state index in [0.717, 1.165) is 12.8 Å². The second kappa shape index (κ2) is 4.34. The van der Waals surface area contributed by atoms with Gasteiger partial charge in [-0.25, -0.2) is 4.79 Å². The first-order chi connectivity index (χ1) is 9.56. The van der Waals surface area contributed by atoms with Crippen LogP contribution >= 0.6 is 0 Å². The largest absolute Gasteiger partial charge is 0.325 e. The lowest BCUT2D eigenvalue weighted by Crippen LogP contribution is -2.46. The number of rotatable bonds is 3. The summed E-state index contributed by atoms with van der Waals surface area (Å²) in [6.07, 6.45) is 1.95. The molecular weight excluding hydrogens is 254 g/mol. The van der Waals surface area contributed by atoms with Gasteiger partial charge in [0.15, 0.2) is 0 Å². The SMILES string of the molecule is C[C@@]1(C2CC2)NC(=O)N(Cc2ccccc2C#N)C1=O. The van der Waals surface area contributed by atoms with Gasteiger partial charge in [-0.3, -0.25) is 9.69 Å². The van der Waals surface area contributed by atoms with Gasteiger partial charge in [-0.05, 0) is 37.3 Å². The van der Waals surface area contributed by atoms with E-state index in [2.05, 4.69) is 11.4 Å². The molecule has 0 unspecified atom stereocenters. The van der Waals surface area contributed by atoms with E-state index in [1.807, 2.05) is 0 Å². The number of imide groups is 1. The molecule has 1 aromatic carbocycles. The van der Waals surface area contributed by atoms with Gasteiger partial charge in [-0.1, -0.05) is 18.2 Å². The summed E-state index contributed by atoms with van der Waals surface area (Å²) in [6, 6.07) is 8.75. The minimum Gasteiger partial charge on any atom is -0.323 e. The number of amides is 3. The molecule has 1 N–H and O–H groups in total. The van der Waals surface area contributed by atoms with Crippen molar-refractivity contribution in [2.75, 3.05) is 0 Å². The van der Waals surface area contributed by atoms with Crippen LogP contribution in [0.15, 0.2) is 24.3 Å². The third-order valence-corrected chi connectivity index (χ3v) is 4.16. The zero-order chi connectivity index (χ0) is 14.3. The predicted molar refractivity (Wildman–Crippen MR) is 71.4 cm³/mol. The fraction of sp³-hybridized carbons (Fsp3) is 0.400. The highest BCUT2D eigenvalue weighted by Gasteiger charge is 2.55. The average molecular weight is 269 g/mol. The Morgan fingerprint density at radius 1 is 1.40 bits per heavy atom. The van der Waals surface area contributed by atoms with Gasteiger partial charge in [0, 0.05) is 0 Å². The Labute approximate surface area is 117 Å². The van der Waals surface area contributed by atoms with E-state index >= 15 is 0 Å². The molecule has 1 heterocycles. The summed E-state index contributed by atoms with van der Waals surface area (Å²) in [4.78, 5) is 25.7. The summed E-state index contributed by atoms with van der Waals surface area (Å²) in [5.74, 6) is 0.0629. The zero-order valence-electron chi connectivity index (χ0n) is 11.2. The number of nitriles is 1. The molecule has 1 saturated carbocycles. The van der Waals surface area contributed by atoms with Crippen LogP contribution in [-0.4, -0.2) is 22.4 Å². The van der Waals surface area contributed by atoms with Crippen molar-refractivity contribution in [3.05, 3.63) is 35.4 Å².